The molecule has 2 unspecified atom stereocenters. The minimum atomic E-state index is -1.14. The van der Waals surface area contributed by atoms with Gasteiger partial charge in [-0.1, -0.05) is 0 Å². The molecule has 1 saturated heterocycles. The Hall–Kier alpha value is -0.410. The summed E-state index contributed by atoms with van der Waals surface area (Å²) in [6.45, 7) is 2.42. The molecule has 0 bridgehead atoms. The van der Waals surface area contributed by atoms with Gasteiger partial charge in [0, 0.05) is 6.61 Å². The van der Waals surface area contributed by atoms with Gasteiger partial charge in [-0.3, -0.25) is 0 Å². The van der Waals surface area contributed by atoms with Gasteiger partial charge in [0.2, 0.25) is 0 Å². The second kappa shape index (κ2) is 4.72. The van der Waals surface area contributed by atoms with Crippen molar-refractivity contribution < 1.29 is 14.6 Å². The summed E-state index contributed by atoms with van der Waals surface area (Å²) in [5.74, 6) is 0. The van der Waals surface area contributed by atoms with Crippen LogP contribution in [-0.2, 0) is 9.53 Å². The molecule has 1 rings (SSSR count). The topological polar surface area (TPSA) is 46.5 Å². The first-order valence-electron chi connectivity index (χ1n) is 4.94. The molecule has 0 radical (unpaired) electrons. The van der Waals surface area contributed by atoms with E-state index in [2.05, 4.69) is 0 Å². The quantitative estimate of drug-likeness (QED) is 0.658. The number of ether oxygens (including phenoxy) is 1. The number of aliphatic hydroxyl groups is 1. The summed E-state index contributed by atoms with van der Waals surface area (Å²) >= 11 is 0. The Kier molecular flexibility index (Phi) is 3.88. The number of hydrogen-bond acceptors (Lipinski definition) is 3. The first-order chi connectivity index (χ1) is 6.14. The van der Waals surface area contributed by atoms with E-state index >= 15 is 0 Å². The maximum absolute atomic E-state index is 10.4. The van der Waals surface area contributed by atoms with Crippen LogP contribution < -0.4 is 0 Å². The first-order valence-corrected chi connectivity index (χ1v) is 4.94. The van der Waals surface area contributed by atoms with Gasteiger partial charge in [0.25, 0.3) is 0 Å². The molecule has 3 heteroatoms. The minimum absolute atomic E-state index is 0.363. The monoisotopic (exact) mass is 186 g/mol. The third kappa shape index (κ3) is 3.87. The van der Waals surface area contributed by atoms with E-state index in [0.717, 1.165) is 32.3 Å². The van der Waals surface area contributed by atoms with Crippen molar-refractivity contribution in [3.05, 3.63) is 0 Å². The predicted molar refractivity (Wildman–Crippen MR) is 49.5 cm³/mol. The fraction of sp³-hybridized carbons (Fsp3) is 0.900. The van der Waals surface area contributed by atoms with Crippen molar-refractivity contribution in [1.82, 2.24) is 0 Å². The van der Waals surface area contributed by atoms with Crippen LogP contribution in [0.25, 0.3) is 0 Å². The van der Waals surface area contributed by atoms with E-state index < -0.39 is 5.60 Å². The highest BCUT2D eigenvalue weighted by Crippen LogP contribution is 2.19. The highest BCUT2D eigenvalue weighted by Gasteiger charge is 2.20. The van der Waals surface area contributed by atoms with Gasteiger partial charge in [-0.25, -0.2) is 0 Å². The molecule has 0 saturated carbocycles. The number of carbonyl (C=O) groups is 1. The van der Waals surface area contributed by atoms with Gasteiger partial charge in [-0.2, -0.15) is 0 Å². The molecule has 1 N–H and O–H groups in total. The van der Waals surface area contributed by atoms with Crippen LogP contribution in [0.3, 0.4) is 0 Å². The van der Waals surface area contributed by atoms with E-state index in [1.165, 1.54) is 0 Å². The zero-order valence-electron chi connectivity index (χ0n) is 8.16. The Bertz CT molecular complexity index is 160. The van der Waals surface area contributed by atoms with E-state index in [1.54, 1.807) is 6.92 Å². The molecular formula is C10H18O3. The molecule has 0 aromatic rings. The second-order valence-corrected chi connectivity index (χ2v) is 4.00. The van der Waals surface area contributed by atoms with Crippen LogP contribution in [0.5, 0.6) is 0 Å². The smallest absolute Gasteiger partial charge is 0.151 e. The summed E-state index contributed by atoms with van der Waals surface area (Å²) in [4.78, 5) is 10.4. The average Bonchev–Trinajstić information content (AvgIpc) is 2.57. The van der Waals surface area contributed by atoms with Crippen molar-refractivity contribution in [3.63, 3.8) is 0 Å². The number of aldehydes is 1. The molecular weight excluding hydrogens is 168 g/mol. The molecule has 0 aliphatic carbocycles. The second-order valence-electron chi connectivity index (χ2n) is 4.00. The van der Waals surface area contributed by atoms with Crippen molar-refractivity contribution in [2.45, 2.75) is 50.7 Å². The van der Waals surface area contributed by atoms with Crippen molar-refractivity contribution in [2.75, 3.05) is 6.61 Å². The lowest BCUT2D eigenvalue weighted by molar-refractivity contribution is -0.123. The Morgan fingerprint density at radius 3 is 3.00 bits per heavy atom. The van der Waals surface area contributed by atoms with Gasteiger partial charge in [0.15, 0.2) is 6.29 Å². The molecule has 0 amide bonds. The Labute approximate surface area is 79.1 Å². The maximum Gasteiger partial charge on any atom is 0.151 e. The molecule has 1 heterocycles. The highest BCUT2D eigenvalue weighted by molar-refractivity contribution is 5.60. The zero-order valence-corrected chi connectivity index (χ0v) is 8.16. The Balaban J connectivity index is 2.09. The molecule has 0 spiro atoms. The molecule has 2 atom stereocenters. The average molecular weight is 186 g/mol. The van der Waals surface area contributed by atoms with Crippen molar-refractivity contribution in [2.24, 2.45) is 0 Å². The molecule has 13 heavy (non-hydrogen) atoms. The third-order valence-electron chi connectivity index (χ3n) is 2.49. The molecule has 1 fully saturated rings. The van der Waals surface area contributed by atoms with Crippen LogP contribution >= 0.6 is 0 Å². The van der Waals surface area contributed by atoms with Crippen LogP contribution in [0.1, 0.15) is 39.0 Å². The SMILES string of the molecule is CC(O)(C=O)CCCC1CCCO1. The fourth-order valence-electron chi connectivity index (χ4n) is 1.62. The van der Waals surface area contributed by atoms with Gasteiger partial charge >= 0.3 is 0 Å². The summed E-state index contributed by atoms with van der Waals surface area (Å²) < 4.78 is 5.43. The lowest BCUT2D eigenvalue weighted by Gasteiger charge is -2.16. The highest BCUT2D eigenvalue weighted by atomic mass is 16.5. The maximum atomic E-state index is 10.4. The molecule has 1 aliphatic heterocycles. The van der Waals surface area contributed by atoms with Gasteiger partial charge in [-0.15, -0.1) is 0 Å². The molecule has 0 aromatic heterocycles. The van der Waals surface area contributed by atoms with E-state index in [9.17, 15) is 9.90 Å². The molecule has 0 aromatic carbocycles. The van der Waals surface area contributed by atoms with Gasteiger partial charge < -0.3 is 14.6 Å². The van der Waals surface area contributed by atoms with E-state index in [4.69, 9.17) is 4.74 Å². The summed E-state index contributed by atoms with van der Waals surface area (Å²) in [6.07, 6.45) is 5.61. The standard InChI is InChI=1S/C10H18O3/c1-10(12,8-11)6-2-4-9-5-3-7-13-9/h8-9,12H,2-7H2,1H3. The minimum Gasteiger partial charge on any atom is -0.383 e. The van der Waals surface area contributed by atoms with Gasteiger partial charge in [-0.05, 0) is 39.0 Å². The third-order valence-corrected chi connectivity index (χ3v) is 2.49. The normalized spacial score (nSPS) is 27.1. The molecule has 3 nitrogen and oxygen atoms in total. The summed E-state index contributed by atoms with van der Waals surface area (Å²) in [5, 5.41) is 9.39. The van der Waals surface area contributed by atoms with Crippen molar-refractivity contribution in [3.8, 4) is 0 Å². The van der Waals surface area contributed by atoms with Gasteiger partial charge in [0.05, 0.1) is 6.10 Å². The number of rotatable bonds is 5. The number of carbonyl (C=O) groups excluding carboxylic acids is 1. The van der Waals surface area contributed by atoms with Crippen LogP contribution in [-0.4, -0.2) is 29.7 Å². The van der Waals surface area contributed by atoms with Crippen molar-refractivity contribution in [1.29, 1.82) is 0 Å². The fourth-order valence-corrected chi connectivity index (χ4v) is 1.62. The Morgan fingerprint density at radius 2 is 2.46 bits per heavy atom. The van der Waals surface area contributed by atoms with Crippen LogP contribution in [0.2, 0.25) is 0 Å². The summed E-state index contributed by atoms with van der Waals surface area (Å²) in [5.41, 5.74) is -1.14. The summed E-state index contributed by atoms with van der Waals surface area (Å²) in [7, 11) is 0. The van der Waals surface area contributed by atoms with Gasteiger partial charge in [0.1, 0.15) is 5.60 Å². The molecule has 1 aliphatic rings. The first kappa shape index (κ1) is 10.7. The van der Waals surface area contributed by atoms with E-state index in [1.807, 2.05) is 0 Å². The summed E-state index contributed by atoms with van der Waals surface area (Å²) in [6, 6.07) is 0. The van der Waals surface area contributed by atoms with E-state index in [-0.39, 0.29) is 0 Å². The van der Waals surface area contributed by atoms with E-state index in [0.29, 0.717) is 18.8 Å². The predicted octanol–water partition coefficient (Wildman–Crippen LogP) is 1.29. The Morgan fingerprint density at radius 1 is 1.69 bits per heavy atom. The van der Waals surface area contributed by atoms with Crippen molar-refractivity contribution >= 4 is 6.29 Å². The molecule has 76 valence electrons. The largest absolute Gasteiger partial charge is 0.383 e. The van der Waals surface area contributed by atoms with Crippen LogP contribution in [0, 0.1) is 0 Å². The van der Waals surface area contributed by atoms with Crippen LogP contribution in [0.15, 0.2) is 0 Å². The lowest BCUT2D eigenvalue weighted by Crippen LogP contribution is -2.25. The number of hydrogen-bond donors (Lipinski definition) is 1. The zero-order chi connectivity index (χ0) is 9.73. The van der Waals surface area contributed by atoms with Crippen LogP contribution in [0.4, 0.5) is 0 Å². The lowest BCUT2D eigenvalue weighted by atomic mass is 9.99.